The third-order valence-corrected chi connectivity index (χ3v) is 3.98. The molecule has 0 aliphatic carbocycles. The van der Waals surface area contributed by atoms with E-state index in [1.807, 2.05) is 0 Å². The Kier molecular flexibility index (Phi) is 3.76. The highest BCUT2D eigenvalue weighted by Gasteiger charge is 2.41. The van der Waals surface area contributed by atoms with Crippen molar-refractivity contribution in [1.82, 2.24) is 0 Å². The molecular formula is C15H6ClF3N2O4. The van der Waals surface area contributed by atoms with Gasteiger partial charge in [0.1, 0.15) is 5.02 Å². The quantitative estimate of drug-likeness (QED) is 0.453. The molecule has 0 spiro atoms. The molecule has 3 rings (SSSR count). The van der Waals surface area contributed by atoms with Crippen LogP contribution in [0.25, 0.3) is 0 Å². The van der Waals surface area contributed by atoms with Gasteiger partial charge in [-0.2, -0.15) is 13.2 Å². The molecule has 1 heterocycles. The molecule has 0 unspecified atom stereocenters. The van der Waals surface area contributed by atoms with Crippen LogP contribution in [0.4, 0.5) is 24.5 Å². The van der Waals surface area contributed by atoms with Crippen molar-refractivity contribution < 1.29 is 27.7 Å². The lowest BCUT2D eigenvalue weighted by Gasteiger charge is -2.17. The molecule has 1 aliphatic heterocycles. The summed E-state index contributed by atoms with van der Waals surface area (Å²) in [5, 5.41) is 10.3. The second-order valence-corrected chi connectivity index (χ2v) is 5.45. The zero-order valence-electron chi connectivity index (χ0n) is 12.0. The van der Waals surface area contributed by atoms with Crippen LogP contribution >= 0.6 is 11.6 Å². The minimum Gasteiger partial charge on any atom is -0.268 e. The van der Waals surface area contributed by atoms with E-state index in [0.29, 0.717) is 11.0 Å². The molecule has 0 bridgehead atoms. The Bertz CT molecular complexity index is 908. The summed E-state index contributed by atoms with van der Waals surface area (Å²) >= 11 is 5.82. The van der Waals surface area contributed by atoms with Crippen LogP contribution in [0.5, 0.6) is 0 Å². The molecule has 128 valence electrons. The number of imide groups is 1. The van der Waals surface area contributed by atoms with Crippen LogP contribution in [-0.4, -0.2) is 16.7 Å². The number of amides is 2. The molecule has 0 saturated carbocycles. The van der Waals surface area contributed by atoms with E-state index >= 15 is 0 Å². The lowest BCUT2D eigenvalue weighted by molar-refractivity contribution is -0.384. The van der Waals surface area contributed by atoms with Gasteiger partial charge in [0, 0.05) is 6.07 Å². The van der Waals surface area contributed by atoms with Crippen molar-refractivity contribution in [2.45, 2.75) is 6.18 Å². The fourth-order valence-corrected chi connectivity index (χ4v) is 2.72. The number of alkyl halides is 3. The smallest absolute Gasteiger partial charge is 0.268 e. The third-order valence-electron chi connectivity index (χ3n) is 3.59. The molecule has 25 heavy (non-hydrogen) atoms. The highest BCUT2D eigenvalue weighted by molar-refractivity contribution is 6.41. The molecule has 0 atom stereocenters. The predicted molar refractivity (Wildman–Crippen MR) is 80.7 cm³/mol. The number of nitrogens with zero attached hydrogens (tertiary/aromatic N) is 2. The number of hydrogen-bond acceptors (Lipinski definition) is 4. The van der Waals surface area contributed by atoms with Crippen LogP contribution in [0, 0.1) is 10.1 Å². The van der Waals surface area contributed by atoms with Crippen LogP contribution in [0.1, 0.15) is 26.3 Å². The summed E-state index contributed by atoms with van der Waals surface area (Å²) in [5.41, 5.74) is -3.18. The van der Waals surface area contributed by atoms with Gasteiger partial charge >= 0.3 is 6.18 Å². The number of carbonyl (C=O) groups is 2. The Morgan fingerprint density at radius 3 is 2.00 bits per heavy atom. The van der Waals surface area contributed by atoms with Gasteiger partial charge in [0.25, 0.3) is 17.5 Å². The zero-order valence-corrected chi connectivity index (χ0v) is 12.8. The Morgan fingerprint density at radius 2 is 1.56 bits per heavy atom. The van der Waals surface area contributed by atoms with Gasteiger partial charge in [0.05, 0.1) is 27.3 Å². The number of carbonyl (C=O) groups excluding carboxylic acids is 2. The Labute approximate surface area is 142 Å². The zero-order chi connectivity index (χ0) is 18.5. The van der Waals surface area contributed by atoms with Crippen molar-refractivity contribution in [2.75, 3.05) is 4.90 Å². The number of fused-ring (bicyclic) bond motifs is 1. The van der Waals surface area contributed by atoms with Crippen molar-refractivity contribution in [3.63, 3.8) is 0 Å². The molecule has 0 radical (unpaired) electrons. The van der Waals surface area contributed by atoms with E-state index in [1.54, 1.807) is 0 Å². The number of rotatable bonds is 2. The van der Waals surface area contributed by atoms with E-state index in [1.165, 1.54) is 24.3 Å². The van der Waals surface area contributed by atoms with Gasteiger partial charge in [-0.15, -0.1) is 0 Å². The fraction of sp³-hybridized carbons (Fsp3) is 0.0667. The first-order chi connectivity index (χ1) is 11.6. The summed E-state index contributed by atoms with van der Waals surface area (Å²) < 4.78 is 39.1. The van der Waals surface area contributed by atoms with E-state index in [2.05, 4.69) is 0 Å². The molecule has 2 aromatic carbocycles. The highest BCUT2D eigenvalue weighted by atomic mass is 35.5. The number of nitro benzene ring substituents is 1. The summed E-state index contributed by atoms with van der Waals surface area (Å²) in [6.45, 7) is 0. The van der Waals surface area contributed by atoms with Crippen LogP contribution in [0.3, 0.4) is 0 Å². The number of halogens is 4. The minimum atomic E-state index is -4.93. The van der Waals surface area contributed by atoms with Gasteiger partial charge in [-0.25, -0.2) is 4.90 Å². The van der Waals surface area contributed by atoms with Crippen LogP contribution < -0.4 is 4.90 Å². The molecule has 6 nitrogen and oxygen atoms in total. The van der Waals surface area contributed by atoms with Crippen LogP contribution in [-0.2, 0) is 6.18 Å². The molecule has 2 amide bonds. The molecular weight excluding hydrogens is 365 g/mol. The van der Waals surface area contributed by atoms with E-state index in [0.717, 1.165) is 0 Å². The summed E-state index contributed by atoms with van der Waals surface area (Å²) in [6, 6.07) is 6.30. The minimum absolute atomic E-state index is 0.0244. The first kappa shape index (κ1) is 16.9. The normalized spacial score (nSPS) is 14.0. The Balaban J connectivity index is 2.25. The van der Waals surface area contributed by atoms with Gasteiger partial charge in [-0.05, 0) is 18.2 Å². The van der Waals surface area contributed by atoms with Crippen molar-refractivity contribution in [1.29, 1.82) is 0 Å². The standard InChI is InChI=1S/C15H6ClF3N2O4/c16-12-10(5-7(15(17,18)19)6-11(12)21(24)25)20-13(22)8-3-1-2-4-9(8)14(20)23/h1-6H. The number of hydrogen-bond donors (Lipinski definition) is 0. The second kappa shape index (κ2) is 5.55. The van der Waals surface area contributed by atoms with Gasteiger partial charge in [-0.3, -0.25) is 19.7 Å². The number of anilines is 1. The van der Waals surface area contributed by atoms with Crippen molar-refractivity contribution in [2.24, 2.45) is 0 Å². The second-order valence-electron chi connectivity index (χ2n) is 5.07. The van der Waals surface area contributed by atoms with Crippen molar-refractivity contribution in [3.8, 4) is 0 Å². The molecule has 10 heteroatoms. The maximum atomic E-state index is 13.0. The first-order valence-corrected chi connectivity index (χ1v) is 7.03. The summed E-state index contributed by atoms with van der Waals surface area (Å²) in [4.78, 5) is 35.1. The average molecular weight is 371 g/mol. The van der Waals surface area contributed by atoms with Gasteiger partial charge in [0.2, 0.25) is 0 Å². The maximum absolute atomic E-state index is 13.0. The van der Waals surface area contributed by atoms with E-state index in [4.69, 9.17) is 11.6 Å². The largest absolute Gasteiger partial charge is 0.416 e. The lowest BCUT2D eigenvalue weighted by Crippen LogP contribution is -2.30. The van der Waals surface area contributed by atoms with Crippen molar-refractivity contribution >= 4 is 34.8 Å². The SMILES string of the molecule is O=C1c2ccccc2C(=O)N1c1cc(C(F)(F)F)cc([N+](=O)[O-])c1Cl. The highest BCUT2D eigenvalue weighted by Crippen LogP contribution is 2.43. The van der Waals surface area contributed by atoms with E-state index in [-0.39, 0.29) is 17.2 Å². The van der Waals surface area contributed by atoms with Gasteiger partial charge < -0.3 is 0 Å². The van der Waals surface area contributed by atoms with Crippen LogP contribution in [0.15, 0.2) is 36.4 Å². The Morgan fingerprint density at radius 1 is 1.04 bits per heavy atom. The maximum Gasteiger partial charge on any atom is 0.416 e. The third kappa shape index (κ3) is 2.62. The van der Waals surface area contributed by atoms with Crippen molar-refractivity contribution in [3.05, 3.63) is 68.2 Å². The predicted octanol–water partition coefficient (Wildman–Crippen LogP) is 4.07. The van der Waals surface area contributed by atoms with Crippen LogP contribution in [0.2, 0.25) is 5.02 Å². The number of benzene rings is 2. The molecule has 2 aromatic rings. The molecule has 0 fully saturated rings. The monoisotopic (exact) mass is 370 g/mol. The van der Waals surface area contributed by atoms with E-state index in [9.17, 15) is 32.9 Å². The lowest BCUT2D eigenvalue weighted by atomic mass is 10.1. The molecule has 0 aromatic heterocycles. The average Bonchev–Trinajstić information content (AvgIpc) is 2.78. The summed E-state index contributed by atoms with van der Waals surface area (Å²) in [7, 11) is 0. The molecule has 0 N–H and O–H groups in total. The molecule has 0 saturated heterocycles. The summed E-state index contributed by atoms with van der Waals surface area (Å²) in [5.74, 6) is -1.81. The van der Waals surface area contributed by atoms with E-state index < -0.39 is 44.9 Å². The molecule has 1 aliphatic rings. The van der Waals surface area contributed by atoms with Gasteiger partial charge in [-0.1, -0.05) is 23.7 Å². The number of nitro groups is 1. The Hall–Kier alpha value is -2.94. The fourth-order valence-electron chi connectivity index (χ4n) is 2.46. The van der Waals surface area contributed by atoms with Gasteiger partial charge in [0.15, 0.2) is 0 Å². The topological polar surface area (TPSA) is 80.5 Å². The first-order valence-electron chi connectivity index (χ1n) is 6.66. The summed E-state index contributed by atoms with van der Waals surface area (Å²) in [6.07, 6.45) is -4.93.